The van der Waals surface area contributed by atoms with Gasteiger partial charge in [0.2, 0.25) is 5.13 Å². The molecule has 1 N–H and O–H groups in total. The maximum atomic E-state index is 11.8. The van der Waals surface area contributed by atoms with Gasteiger partial charge in [-0.1, -0.05) is 36.4 Å². The summed E-state index contributed by atoms with van der Waals surface area (Å²) in [6.45, 7) is 2.15. The number of amides is 1. The number of nitrogens with one attached hydrogen (secondary N) is 1. The number of nitrogens with zero attached hydrogens (tertiary/aromatic N) is 2. The maximum absolute atomic E-state index is 11.8. The maximum Gasteiger partial charge on any atom is 0.293 e. The van der Waals surface area contributed by atoms with E-state index >= 15 is 0 Å². The van der Waals surface area contributed by atoms with Crippen molar-refractivity contribution in [3.8, 4) is 0 Å². The van der Waals surface area contributed by atoms with E-state index in [4.69, 9.17) is 4.42 Å². The molecule has 19 heavy (non-hydrogen) atoms. The van der Waals surface area contributed by atoms with Crippen LogP contribution in [0.4, 0.5) is 5.13 Å². The first-order chi connectivity index (χ1) is 9.19. The number of hydrogen-bond donors (Lipinski definition) is 1. The molecule has 5 nitrogen and oxygen atoms in total. The summed E-state index contributed by atoms with van der Waals surface area (Å²) in [6.07, 6.45) is 2.30. The minimum Gasteiger partial charge on any atom is -0.444 e. The van der Waals surface area contributed by atoms with Crippen LogP contribution in [0.2, 0.25) is 0 Å². The van der Waals surface area contributed by atoms with Crippen molar-refractivity contribution in [3.63, 3.8) is 0 Å². The van der Waals surface area contributed by atoms with Crippen LogP contribution in [0.3, 0.4) is 0 Å². The molecule has 0 atom stereocenters. The summed E-state index contributed by atoms with van der Waals surface area (Å²) in [5.74, 6) is 0.929. The van der Waals surface area contributed by atoms with Gasteiger partial charge in [-0.3, -0.25) is 10.1 Å². The SMILES string of the molecule is CCCCSc1nnc(NC(=O)c2ccc(Br)o2)s1. The molecule has 0 saturated heterocycles. The zero-order chi connectivity index (χ0) is 13.7. The zero-order valence-electron chi connectivity index (χ0n) is 10.2. The molecule has 0 aliphatic heterocycles. The minimum absolute atomic E-state index is 0.238. The summed E-state index contributed by atoms with van der Waals surface area (Å²) >= 11 is 6.17. The first-order valence-electron chi connectivity index (χ1n) is 5.72. The molecule has 0 radical (unpaired) electrons. The zero-order valence-corrected chi connectivity index (χ0v) is 13.4. The van der Waals surface area contributed by atoms with Crippen LogP contribution >= 0.6 is 39.0 Å². The largest absolute Gasteiger partial charge is 0.444 e. The third-order valence-electron chi connectivity index (χ3n) is 2.15. The van der Waals surface area contributed by atoms with Crippen molar-refractivity contribution >= 4 is 50.1 Å². The molecule has 0 aliphatic carbocycles. The molecule has 0 aliphatic rings. The quantitative estimate of drug-likeness (QED) is 0.477. The van der Waals surface area contributed by atoms with E-state index in [1.54, 1.807) is 23.9 Å². The Balaban J connectivity index is 1.90. The lowest BCUT2D eigenvalue weighted by Gasteiger charge is -1.96. The van der Waals surface area contributed by atoms with Crippen LogP contribution in [0, 0.1) is 0 Å². The van der Waals surface area contributed by atoms with Gasteiger partial charge in [0, 0.05) is 5.75 Å². The highest BCUT2D eigenvalue weighted by Crippen LogP contribution is 2.26. The number of thioether (sulfide) groups is 1. The molecule has 8 heteroatoms. The highest BCUT2D eigenvalue weighted by Gasteiger charge is 2.13. The molecule has 0 unspecified atom stereocenters. The van der Waals surface area contributed by atoms with E-state index in [2.05, 4.69) is 38.4 Å². The van der Waals surface area contributed by atoms with Gasteiger partial charge in [0.25, 0.3) is 5.91 Å². The van der Waals surface area contributed by atoms with Gasteiger partial charge in [0.05, 0.1) is 0 Å². The van der Waals surface area contributed by atoms with Gasteiger partial charge in [-0.15, -0.1) is 10.2 Å². The number of anilines is 1. The second kappa shape index (κ2) is 7.06. The number of rotatable bonds is 6. The lowest BCUT2D eigenvalue weighted by molar-refractivity contribution is 0.0995. The third kappa shape index (κ3) is 4.32. The van der Waals surface area contributed by atoms with Gasteiger partial charge >= 0.3 is 0 Å². The molecular weight excluding hydrogens is 350 g/mol. The summed E-state index contributed by atoms with van der Waals surface area (Å²) in [7, 11) is 0. The van der Waals surface area contributed by atoms with Crippen LogP contribution in [0.5, 0.6) is 0 Å². The van der Waals surface area contributed by atoms with E-state index in [0.717, 1.165) is 22.9 Å². The fourth-order valence-electron chi connectivity index (χ4n) is 1.22. The highest BCUT2D eigenvalue weighted by atomic mass is 79.9. The van der Waals surface area contributed by atoms with Crippen LogP contribution in [0.25, 0.3) is 0 Å². The van der Waals surface area contributed by atoms with E-state index in [9.17, 15) is 4.79 Å². The number of carbonyl (C=O) groups is 1. The fraction of sp³-hybridized carbons (Fsp3) is 0.364. The lowest BCUT2D eigenvalue weighted by atomic mass is 10.4. The molecule has 0 bridgehead atoms. The van der Waals surface area contributed by atoms with Gasteiger partial charge in [0.1, 0.15) is 0 Å². The molecule has 1 amide bonds. The van der Waals surface area contributed by atoms with Gasteiger partial charge < -0.3 is 4.42 Å². The Bertz CT molecular complexity index is 556. The normalized spacial score (nSPS) is 10.6. The van der Waals surface area contributed by atoms with Crippen molar-refractivity contribution < 1.29 is 9.21 Å². The average Bonchev–Trinajstić information content (AvgIpc) is 2.99. The predicted octanol–water partition coefficient (Wildman–Crippen LogP) is 4.04. The van der Waals surface area contributed by atoms with E-state index in [1.165, 1.54) is 11.3 Å². The van der Waals surface area contributed by atoms with Crippen LogP contribution < -0.4 is 5.32 Å². The van der Waals surface area contributed by atoms with E-state index in [-0.39, 0.29) is 11.7 Å². The molecule has 0 aromatic carbocycles. The molecule has 0 spiro atoms. The Labute approximate surface area is 127 Å². The van der Waals surface area contributed by atoms with Gasteiger partial charge in [-0.25, -0.2) is 0 Å². The van der Waals surface area contributed by atoms with Gasteiger partial charge in [-0.05, 0) is 34.5 Å². The molecule has 2 heterocycles. The standard InChI is InChI=1S/C11H12BrN3O2S2/c1-2-3-6-18-11-15-14-10(19-11)13-9(16)7-4-5-8(12)17-7/h4-5H,2-3,6H2,1H3,(H,13,14,16). The Morgan fingerprint density at radius 3 is 3.05 bits per heavy atom. The number of hydrogen-bond acceptors (Lipinski definition) is 6. The summed E-state index contributed by atoms with van der Waals surface area (Å²) < 4.78 is 6.54. The minimum atomic E-state index is -0.327. The lowest BCUT2D eigenvalue weighted by Crippen LogP contribution is -2.10. The fourth-order valence-corrected chi connectivity index (χ4v) is 3.43. The Morgan fingerprint density at radius 1 is 1.53 bits per heavy atom. The monoisotopic (exact) mass is 361 g/mol. The van der Waals surface area contributed by atoms with Crippen molar-refractivity contribution in [3.05, 3.63) is 22.6 Å². The van der Waals surface area contributed by atoms with E-state index in [1.807, 2.05) is 0 Å². The summed E-state index contributed by atoms with van der Waals surface area (Å²) in [5, 5.41) is 11.1. The van der Waals surface area contributed by atoms with Crippen molar-refractivity contribution in [2.75, 3.05) is 11.1 Å². The second-order valence-electron chi connectivity index (χ2n) is 3.63. The molecule has 2 rings (SSSR count). The van der Waals surface area contributed by atoms with Crippen molar-refractivity contribution in [2.45, 2.75) is 24.1 Å². The van der Waals surface area contributed by atoms with Crippen LogP contribution in [0.1, 0.15) is 30.3 Å². The Kier molecular flexibility index (Phi) is 5.41. The molecule has 0 fully saturated rings. The Hall–Kier alpha value is -0.860. The van der Waals surface area contributed by atoms with Gasteiger partial charge in [-0.2, -0.15) is 0 Å². The highest BCUT2D eigenvalue weighted by molar-refractivity contribution is 9.10. The predicted molar refractivity (Wildman–Crippen MR) is 79.9 cm³/mol. The summed E-state index contributed by atoms with van der Waals surface area (Å²) in [5.41, 5.74) is 0. The van der Waals surface area contributed by atoms with Crippen LogP contribution in [-0.4, -0.2) is 21.9 Å². The molecule has 2 aromatic heterocycles. The Morgan fingerprint density at radius 2 is 2.37 bits per heavy atom. The van der Waals surface area contributed by atoms with Crippen molar-refractivity contribution in [2.24, 2.45) is 0 Å². The number of aromatic nitrogens is 2. The smallest absolute Gasteiger partial charge is 0.293 e. The third-order valence-corrected chi connectivity index (χ3v) is 4.63. The van der Waals surface area contributed by atoms with Crippen molar-refractivity contribution in [1.82, 2.24) is 10.2 Å². The number of unbranched alkanes of at least 4 members (excludes halogenated alkanes) is 1. The van der Waals surface area contributed by atoms with Crippen LogP contribution in [0.15, 0.2) is 25.6 Å². The number of carbonyl (C=O) groups excluding carboxylic acids is 1. The second-order valence-corrected chi connectivity index (χ2v) is 6.73. The molecular formula is C11H12BrN3O2S2. The first kappa shape index (κ1) is 14.5. The summed E-state index contributed by atoms with van der Waals surface area (Å²) in [6, 6.07) is 3.26. The topological polar surface area (TPSA) is 68.0 Å². The summed E-state index contributed by atoms with van der Waals surface area (Å²) in [4.78, 5) is 11.8. The first-order valence-corrected chi connectivity index (χ1v) is 8.31. The van der Waals surface area contributed by atoms with Gasteiger partial charge in [0.15, 0.2) is 14.8 Å². The molecule has 102 valence electrons. The van der Waals surface area contributed by atoms with Crippen molar-refractivity contribution in [1.29, 1.82) is 0 Å². The van der Waals surface area contributed by atoms with Crippen LogP contribution in [-0.2, 0) is 0 Å². The number of halogens is 1. The molecule has 0 saturated carbocycles. The molecule has 2 aromatic rings. The number of furan rings is 1. The van der Waals surface area contributed by atoms with E-state index in [0.29, 0.717) is 9.80 Å². The van der Waals surface area contributed by atoms with E-state index < -0.39 is 0 Å². The average molecular weight is 362 g/mol.